The van der Waals surface area contributed by atoms with Crippen LogP contribution in [0.1, 0.15) is 22.8 Å². The maximum atomic E-state index is 14.7. The van der Waals surface area contributed by atoms with Gasteiger partial charge in [-0.1, -0.05) is 12.8 Å². The van der Waals surface area contributed by atoms with E-state index >= 15 is 0 Å². The van der Waals surface area contributed by atoms with Crippen molar-refractivity contribution in [1.82, 2.24) is 19.7 Å². The number of hydrogen-bond acceptors (Lipinski definition) is 5. The largest absolute Gasteiger partial charge is 0.494 e. The number of halogens is 2. The molecular weight excluding hydrogens is 440 g/mol. The molecule has 4 aromatic rings. The number of imidazole rings is 1. The number of nitrogens with zero attached hydrogens (tertiary/aromatic N) is 3. The molecule has 2 aromatic heterocycles. The minimum Gasteiger partial charge on any atom is -0.494 e. The summed E-state index contributed by atoms with van der Waals surface area (Å²) in [5.41, 5.74) is 2.87. The van der Waals surface area contributed by atoms with Gasteiger partial charge in [0.1, 0.15) is 0 Å². The van der Waals surface area contributed by atoms with Crippen LogP contribution in [0.5, 0.6) is 5.75 Å². The average molecular weight is 461 g/mol. The van der Waals surface area contributed by atoms with E-state index in [1.54, 1.807) is 22.7 Å². The van der Waals surface area contributed by atoms with Gasteiger partial charge >= 0.3 is 0 Å². The minimum atomic E-state index is -1.07. The number of aromatic nitrogens is 3. The molecule has 0 unspecified atom stereocenters. The first-order chi connectivity index (χ1) is 16.5. The third-order valence-electron chi connectivity index (χ3n) is 5.32. The minimum absolute atomic E-state index is 0.0403. The second-order valence-corrected chi connectivity index (χ2v) is 7.29. The highest BCUT2D eigenvalue weighted by molar-refractivity contribution is 5.96. The summed E-state index contributed by atoms with van der Waals surface area (Å²) in [6, 6.07) is 8.10. The van der Waals surface area contributed by atoms with Crippen molar-refractivity contribution in [3.05, 3.63) is 71.7 Å². The quantitative estimate of drug-likeness (QED) is 0.400. The Balaban J connectivity index is 1.69. The fraction of sp³-hybridized carbons (Fsp3) is 0.160. The fourth-order valence-electron chi connectivity index (χ4n) is 3.64. The average Bonchev–Trinajstić information content (AvgIpc) is 3.29. The molecule has 0 bridgehead atoms. The summed E-state index contributed by atoms with van der Waals surface area (Å²) >= 11 is 0. The van der Waals surface area contributed by atoms with Gasteiger partial charge < -0.3 is 15.4 Å². The summed E-state index contributed by atoms with van der Waals surface area (Å²) in [5.74, 6) is 0.274. The molecule has 0 saturated heterocycles. The molecule has 172 valence electrons. The van der Waals surface area contributed by atoms with Crippen LogP contribution in [0.25, 0.3) is 16.9 Å². The molecule has 0 fully saturated rings. The van der Waals surface area contributed by atoms with E-state index in [0.29, 0.717) is 34.8 Å². The normalized spacial score (nSPS) is 10.7. The Kier molecular flexibility index (Phi) is 6.41. The van der Waals surface area contributed by atoms with E-state index in [-0.39, 0.29) is 23.8 Å². The molecule has 2 aromatic carbocycles. The Morgan fingerprint density at radius 3 is 2.76 bits per heavy atom. The van der Waals surface area contributed by atoms with Crippen LogP contribution in [0.4, 0.5) is 20.3 Å². The number of rotatable bonds is 7. The summed E-state index contributed by atoms with van der Waals surface area (Å²) in [4.78, 5) is 21.0. The number of aryl methyl sites for hydroxylation is 1. The Morgan fingerprint density at radius 1 is 1.21 bits per heavy atom. The molecule has 0 atom stereocenters. The van der Waals surface area contributed by atoms with Crippen molar-refractivity contribution in [2.45, 2.75) is 13.3 Å². The number of fused-ring (bicyclic) bond motifs is 1. The first-order valence-electron chi connectivity index (χ1n) is 10.4. The number of ether oxygens (including phenoxy) is 1. The molecule has 0 radical (unpaired) electrons. The van der Waals surface area contributed by atoms with Crippen LogP contribution in [-0.2, 0) is 6.42 Å². The second kappa shape index (κ2) is 9.58. The lowest BCUT2D eigenvalue weighted by molar-refractivity contribution is 0.0958. The first-order valence-corrected chi connectivity index (χ1v) is 10.4. The van der Waals surface area contributed by atoms with Crippen molar-refractivity contribution in [3.8, 4) is 29.4 Å². The van der Waals surface area contributed by atoms with Crippen molar-refractivity contribution < 1.29 is 18.3 Å². The number of methoxy groups -OCH3 is 1. The summed E-state index contributed by atoms with van der Waals surface area (Å²) in [6.07, 6.45) is 10.4. The van der Waals surface area contributed by atoms with E-state index in [0.717, 1.165) is 5.56 Å². The monoisotopic (exact) mass is 461 g/mol. The summed E-state index contributed by atoms with van der Waals surface area (Å²) in [7, 11) is 1.27. The van der Waals surface area contributed by atoms with Gasteiger partial charge in [-0.15, -0.1) is 6.42 Å². The SMILES string of the molecule is C#CCNC(=O)c1ccc(Nc2nccn3c(-c4ccc(OC)c(F)c4F)cnc23)cc1CC. The van der Waals surface area contributed by atoms with Gasteiger partial charge in [0, 0.05) is 29.2 Å². The number of carbonyl (C=O) groups excluding carboxylic acids is 1. The van der Waals surface area contributed by atoms with Crippen molar-refractivity contribution >= 4 is 23.1 Å². The topological polar surface area (TPSA) is 80.6 Å². The molecule has 2 heterocycles. The fourth-order valence-corrected chi connectivity index (χ4v) is 3.64. The molecule has 0 aliphatic heterocycles. The number of hydrogen-bond donors (Lipinski definition) is 2. The number of terminal acetylenes is 1. The molecule has 4 rings (SSSR count). The van der Waals surface area contributed by atoms with Crippen LogP contribution in [0.15, 0.2) is 48.9 Å². The smallest absolute Gasteiger partial charge is 0.252 e. The van der Waals surface area contributed by atoms with Gasteiger partial charge in [0.05, 0.1) is 25.5 Å². The van der Waals surface area contributed by atoms with Crippen LogP contribution in [0.2, 0.25) is 0 Å². The van der Waals surface area contributed by atoms with E-state index in [4.69, 9.17) is 11.2 Å². The number of amides is 1. The van der Waals surface area contributed by atoms with E-state index in [1.807, 2.05) is 13.0 Å². The molecule has 0 aliphatic carbocycles. The predicted molar refractivity (Wildman–Crippen MR) is 125 cm³/mol. The summed E-state index contributed by atoms with van der Waals surface area (Å²) in [5, 5.41) is 5.86. The zero-order valence-corrected chi connectivity index (χ0v) is 18.5. The molecule has 7 nitrogen and oxygen atoms in total. The van der Waals surface area contributed by atoms with Crippen molar-refractivity contribution in [2.24, 2.45) is 0 Å². The molecular formula is C25H21F2N5O2. The third kappa shape index (κ3) is 4.13. The molecule has 1 amide bonds. The Labute approximate surface area is 194 Å². The van der Waals surface area contributed by atoms with Gasteiger partial charge in [0.2, 0.25) is 5.82 Å². The lowest BCUT2D eigenvalue weighted by Gasteiger charge is -2.12. The van der Waals surface area contributed by atoms with Crippen LogP contribution in [0.3, 0.4) is 0 Å². The molecule has 0 saturated carbocycles. The van der Waals surface area contributed by atoms with E-state index in [2.05, 4.69) is 26.5 Å². The molecule has 0 spiro atoms. The lowest BCUT2D eigenvalue weighted by atomic mass is 10.0. The van der Waals surface area contributed by atoms with Gasteiger partial charge in [-0.25, -0.2) is 14.4 Å². The van der Waals surface area contributed by atoms with E-state index in [1.165, 1.54) is 31.6 Å². The molecule has 0 aliphatic rings. The van der Waals surface area contributed by atoms with Crippen LogP contribution in [0, 0.1) is 24.0 Å². The maximum absolute atomic E-state index is 14.7. The van der Waals surface area contributed by atoms with Gasteiger partial charge in [-0.05, 0) is 42.3 Å². The van der Waals surface area contributed by atoms with Crippen LogP contribution in [-0.4, -0.2) is 33.9 Å². The Hall–Kier alpha value is -4.45. The molecule has 2 N–H and O–H groups in total. The molecule has 34 heavy (non-hydrogen) atoms. The van der Waals surface area contributed by atoms with Crippen molar-refractivity contribution in [2.75, 3.05) is 19.0 Å². The lowest BCUT2D eigenvalue weighted by Crippen LogP contribution is -2.24. The zero-order valence-electron chi connectivity index (χ0n) is 18.5. The maximum Gasteiger partial charge on any atom is 0.252 e. The van der Waals surface area contributed by atoms with Gasteiger partial charge in [-0.3, -0.25) is 9.20 Å². The summed E-state index contributed by atoms with van der Waals surface area (Å²) in [6.45, 7) is 2.09. The highest BCUT2D eigenvalue weighted by Crippen LogP contribution is 2.31. The van der Waals surface area contributed by atoms with E-state index < -0.39 is 11.6 Å². The zero-order chi connectivity index (χ0) is 24.2. The number of benzene rings is 2. The van der Waals surface area contributed by atoms with Crippen molar-refractivity contribution in [3.63, 3.8) is 0 Å². The number of carbonyl (C=O) groups is 1. The predicted octanol–water partition coefficient (Wildman–Crippen LogP) is 4.35. The standard InChI is InChI=1S/C25H21F2N5O2/c1-4-10-29-25(33)17-7-6-16(13-15(17)5-2)31-23-24-30-14-19(32(24)12-11-28-23)18-8-9-20(34-3)22(27)21(18)26/h1,6-9,11-14H,5,10H2,2-3H3,(H,28,31)(H,29,33). The Bertz CT molecular complexity index is 1430. The van der Waals surface area contributed by atoms with Gasteiger partial charge in [0.15, 0.2) is 23.0 Å². The third-order valence-corrected chi connectivity index (χ3v) is 5.32. The second-order valence-electron chi connectivity index (χ2n) is 7.29. The molecule has 9 heteroatoms. The number of nitrogens with one attached hydrogen (secondary N) is 2. The van der Waals surface area contributed by atoms with Gasteiger partial charge in [-0.2, -0.15) is 4.39 Å². The first kappa shape index (κ1) is 22.7. The Morgan fingerprint density at radius 2 is 2.03 bits per heavy atom. The van der Waals surface area contributed by atoms with Crippen LogP contribution < -0.4 is 15.4 Å². The van der Waals surface area contributed by atoms with Gasteiger partial charge in [0.25, 0.3) is 5.91 Å². The highest BCUT2D eigenvalue weighted by atomic mass is 19.2. The summed E-state index contributed by atoms with van der Waals surface area (Å²) < 4.78 is 35.4. The van der Waals surface area contributed by atoms with E-state index in [9.17, 15) is 13.6 Å². The van der Waals surface area contributed by atoms with Crippen LogP contribution >= 0.6 is 0 Å². The van der Waals surface area contributed by atoms with Crippen molar-refractivity contribution in [1.29, 1.82) is 0 Å². The highest BCUT2D eigenvalue weighted by Gasteiger charge is 2.19. The number of anilines is 2.